The molecular formula is C19H36O2. The van der Waals surface area contributed by atoms with Crippen LogP contribution in [0.25, 0.3) is 0 Å². The fourth-order valence-corrected chi connectivity index (χ4v) is 3.02. The summed E-state index contributed by atoms with van der Waals surface area (Å²) < 4.78 is 11.9. The summed E-state index contributed by atoms with van der Waals surface area (Å²) in [7, 11) is 0. The topological polar surface area (TPSA) is 18.5 Å². The molecule has 124 valence electrons. The van der Waals surface area contributed by atoms with Crippen molar-refractivity contribution < 1.29 is 9.47 Å². The molecule has 0 saturated carbocycles. The molecule has 1 fully saturated rings. The van der Waals surface area contributed by atoms with Gasteiger partial charge < -0.3 is 9.47 Å². The average molecular weight is 296 g/mol. The third kappa shape index (κ3) is 8.01. The SMILES string of the molecule is C=C[C@H]1CC(OCCCC)O[C@@H]1CCCCCCCCC. The Balaban J connectivity index is 2.10. The smallest absolute Gasteiger partial charge is 0.158 e. The highest BCUT2D eigenvalue weighted by Gasteiger charge is 2.33. The third-order valence-electron chi connectivity index (χ3n) is 4.47. The van der Waals surface area contributed by atoms with E-state index < -0.39 is 0 Å². The maximum atomic E-state index is 6.06. The van der Waals surface area contributed by atoms with Gasteiger partial charge in [-0.15, -0.1) is 6.58 Å². The highest BCUT2D eigenvalue weighted by molar-refractivity contribution is 4.90. The van der Waals surface area contributed by atoms with E-state index in [0.29, 0.717) is 12.0 Å². The Morgan fingerprint density at radius 1 is 1.00 bits per heavy atom. The van der Waals surface area contributed by atoms with E-state index in [4.69, 9.17) is 9.47 Å². The molecule has 0 N–H and O–H groups in total. The first-order chi connectivity index (χ1) is 10.3. The van der Waals surface area contributed by atoms with Gasteiger partial charge in [-0.3, -0.25) is 0 Å². The number of ether oxygens (including phenoxy) is 2. The van der Waals surface area contributed by atoms with Crippen LogP contribution in [-0.2, 0) is 9.47 Å². The average Bonchev–Trinajstić information content (AvgIpc) is 2.89. The minimum atomic E-state index is 0.00843. The molecule has 0 amide bonds. The van der Waals surface area contributed by atoms with Crippen LogP contribution in [0.5, 0.6) is 0 Å². The molecule has 1 aliphatic heterocycles. The Morgan fingerprint density at radius 2 is 1.67 bits per heavy atom. The number of hydrogen-bond donors (Lipinski definition) is 0. The van der Waals surface area contributed by atoms with Gasteiger partial charge in [-0.1, -0.05) is 71.3 Å². The van der Waals surface area contributed by atoms with E-state index >= 15 is 0 Å². The van der Waals surface area contributed by atoms with Gasteiger partial charge in [0.1, 0.15) is 0 Å². The molecule has 3 atom stereocenters. The van der Waals surface area contributed by atoms with Gasteiger partial charge in [0, 0.05) is 18.9 Å². The summed E-state index contributed by atoms with van der Waals surface area (Å²) in [4.78, 5) is 0. The van der Waals surface area contributed by atoms with E-state index in [1.54, 1.807) is 0 Å². The van der Waals surface area contributed by atoms with E-state index in [9.17, 15) is 0 Å². The molecule has 2 nitrogen and oxygen atoms in total. The fraction of sp³-hybridized carbons (Fsp3) is 0.895. The highest BCUT2D eigenvalue weighted by atomic mass is 16.7. The standard InChI is InChI=1S/C19H36O2/c1-4-7-9-10-11-12-13-14-18-17(6-3)16-19(21-18)20-15-8-5-2/h6,17-19H,3-5,7-16H2,1-2H3/t17-,18+,19?/m0/s1. The van der Waals surface area contributed by atoms with Crippen molar-refractivity contribution in [1.82, 2.24) is 0 Å². The Hall–Kier alpha value is -0.340. The second-order valence-corrected chi connectivity index (χ2v) is 6.37. The second kappa shape index (κ2) is 12.2. The van der Waals surface area contributed by atoms with Crippen molar-refractivity contribution >= 4 is 0 Å². The van der Waals surface area contributed by atoms with Crippen LogP contribution in [0.4, 0.5) is 0 Å². The number of hydrogen-bond acceptors (Lipinski definition) is 2. The summed E-state index contributed by atoms with van der Waals surface area (Å²) in [5.74, 6) is 0.483. The Labute approximate surface area is 132 Å². The lowest BCUT2D eigenvalue weighted by Gasteiger charge is -2.16. The van der Waals surface area contributed by atoms with Gasteiger partial charge in [-0.25, -0.2) is 0 Å². The molecule has 0 spiro atoms. The van der Waals surface area contributed by atoms with Crippen molar-refractivity contribution in [1.29, 1.82) is 0 Å². The van der Waals surface area contributed by atoms with Crippen molar-refractivity contribution in [2.45, 2.75) is 96.9 Å². The van der Waals surface area contributed by atoms with Gasteiger partial charge in [0.15, 0.2) is 6.29 Å². The zero-order valence-electron chi connectivity index (χ0n) is 14.3. The van der Waals surface area contributed by atoms with Crippen LogP contribution in [0, 0.1) is 5.92 Å². The van der Waals surface area contributed by atoms with Crippen molar-refractivity contribution in [2.24, 2.45) is 5.92 Å². The van der Waals surface area contributed by atoms with Crippen LogP contribution in [-0.4, -0.2) is 19.0 Å². The lowest BCUT2D eigenvalue weighted by atomic mass is 9.96. The first-order valence-electron chi connectivity index (χ1n) is 9.21. The molecule has 21 heavy (non-hydrogen) atoms. The molecule has 0 aromatic rings. The van der Waals surface area contributed by atoms with Gasteiger partial charge in [0.2, 0.25) is 0 Å². The van der Waals surface area contributed by atoms with Gasteiger partial charge >= 0.3 is 0 Å². The van der Waals surface area contributed by atoms with Crippen molar-refractivity contribution in [3.63, 3.8) is 0 Å². The zero-order valence-corrected chi connectivity index (χ0v) is 14.3. The van der Waals surface area contributed by atoms with E-state index in [1.165, 1.54) is 51.4 Å². The molecule has 1 aliphatic rings. The summed E-state index contributed by atoms with van der Waals surface area (Å²) in [6, 6.07) is 0. The van der Waals surface area contributed by atoms with Crippen LogP contribution in [0.1, 0.15) is 84.5 Å². The zero-order chi connectivity index (χ0) is 15.3. The first kappa shape index (κ1) is 18.7. The quantitative estimate of drug-likeness (QED) is 0.313. The van der Waals surface area contributed by atoms with Gasteiger partial charge in [0.25, 0.3) is 0 Å². The van der Waals surface area contributed by atoms with Crippen molar-refractivity contribution in [2.75, 3.05) is 6.61 Å². The maximum absolute atomic E-state index is 6.06. The van der Waals surface area contributed by atoms with Crippen LogP contribution < -0.4 is 0 Å². The molecule has 0 aromatic heterocycles. The maximum Gasteiger partial charge on any atom is 0.158 e. The van der Waals surface area contributed by atoms with Crippen LogP contribution >= 0.6 is 0 Å². The van der Waals surface area contributed by atoms with Crippen LogP contribution in [0.3, 0.4) is 0 Å². The minimum Gasteiger partial charge on any atom is -0.353 e. The number of rotatable bonds is 13. The Kier molecular flexibility index (Phi) is 10.9. The van der Waals surface area contributed by atoms with Crippen molar-refractivity contribution in [3.05, 3.63) is 12.7 Å². The highest BCUT2D eigenvalue weighted by Crippen LogP contribution is 2.31. The lowest BCUT2D eigenvalue weighted by Crippen LogP contribution is -2.16. The minimum absolute atomic E-state index is 0.00843. The molecule has 0 bridgehead atoms. The monoisotopic (exact) mass is 296 g/mol. The molecular weight excluding hydrogens is 260 g/mol. The van der Waals surface area contributed by atoms with E-state index in [1.807, 2.05) is 0 Å². The molecule has 0 aromatic carbocycles. The molecule has 1 unspecified atom stereocenters. The van der Waals surface area contributed by atoms with E-state index in [0.717, 1.165) is 25.9 Å². The largest absolute Gasteiger partial charge is 0.353 e. The molecule has 1 heterocycles. The molecule has 1 saturated heterocycles. The van der Waals surface area contributed by atoms with Gasteiger partial charge in [-0.05, 0) is 12.8 Å². The van der Waals surface area contributed by atoms with Crippen LogP contribution in [0.15, 0.2) is 12.7 Å². The van der Waals surface area contributed by atoms with Crippen molar-refractivity contribution in [3.8, 4) is 0 Å². The van der Waals surface area contributed by atoms with E-state index in [2.05, 4.69) is 26.5 Å². The Bertz CT molecular complexity index is 252. The normalized spacial score (nSPS) is 25.3. The molecule has 0 aliphatic carbocycles. The second-order valence-electron chi connectivity index (χ2n) is 6.37. The van der Waals surface area contributed by atoms with Gasteiger partial charge in [-0.2, -0.15) is 0 Å². The predicted molar refractivity (Wildman–Crippen MR) is 90.4 cm³/mol. The summed E-state index contributed by atoms with van der Waals surface area (Å²) in [6.45, 7) is 9.25. The first-order valence-corrected chi connectivity index (χ1v) is 9.21. The Morgan fingerprint density at radius 3 is 2.33 bits per heavy atom. The predicted octanol–water partition coefficient (Wildman–Crippen LogP) is 5.86. The third-order valence-corrected chi connectivity index (χ3v) is 4.47. The molecule has 2 heteroatoms. The molecule has 1 rings (SSSR count). The summed E-state index contributed by atoms with van der Waals surface area (Å²) in [5, 5.41) is 0. The number of unbranched alkanes of at least 4 members (excludes halogenated alkanes) is 7. The van der Waals surface area contributed by atoms with Crippen LogP contribution in [0.2, 0.25) is 0 Å². The summed E-state index contributed by atoms with van der Waals surface area (Å²) >= 11 is 0. The van der Waals surface area contributed by atoms with Gasteiger partial charge in [0.05, 0.1) is 6.10 Å². The summed E-state index contributed by atoms with van der Waals surface area (Å²) in [5.41, 5.74) is 0. The summed E-state index contributed by atoms with van der Waals surface area (Å²) in [6.07, 6.45) is 16.4. The fourth-order valence-electron chi connectivity index (χ4n) is 3.02. The van der Waals surface area contributed by atoms with E-state index in [-0.39, 0.29) is 6.29 Å². The molecule has 0 radical (unpaired) electrons. The lowest BCUT2D eigenvalue weighted by molar-refractivity contribution is -0.135.